The Kier molecular flexibility index (Phi) is 5.00. The molecule has 2 aromatic rings. The largest absolute Gasteiger partial charge is 0.487 e. The van der Waals surface area contributed by atoms with Gasteiger partial charge in [-0.05, 0) is 24.3 Å². The molecule has 0 aromatic heterocycles. The summed E-state index contributed by atoms with van der Waals surface area (Å²) in [5, 5.41) is 0. The van der Waals surface area contributed by atoms with Crippen molar-refractivity contribution in [3.63, 3.8) is 0 Å². The van der Waals surface area contributed by atoms with Crippen LogP contribution in [0.25, 0.3) is 0 Å². The topological polar surface area (TPSA) is 27.7 Å². The Bertz CT molecular complexity index is 447. The van der Waals surface area contributed by atoms with E-state index in [1.807, 2.05) is 60.7 Å². The molecule has 0 N–H and O–H groups in total. The Morgan fingerprint density at radius 2 is 1.39 bits per heavy atom. The maximum Gasteiger partial charge on any atom is 0.236 e. The van der Waals surface area contributed by atoms with Crippen LogP contribution >= 0.6 is 9.47 Å². The van der Waals surface area contributed by atoms with E-state index in [0.717, 1.165) is 11.5 Å². The van der Waals surface area contributed by atoms with E-state index in [1.54, 1.807) is 0 Å². The molecule has 0 saturated carbocycles. The molecule has 2 atom stereocenters. The van der Waals surface area contributed by atoms with Crippen LogP contribution in [-0.4, -0.2) is 12.9 Å². The van der Waals surface area contributed by atoms with E-state index in [2.05, 4.69) is 9.47 Å². The van der Waals surface area contributed by atoms with Gasteiger partial charge in [-0.15, -0.1) is 0 Å². The van der Waals surface area contributed by atoms with Crippen LogP contribution in [0, 0.1) is 0 Å². The van der Waals surface area contributed by atoms with E-state index in [1.165, 1.54) is 0 Å². The molecule has 2 unspecified atom stereocenters. The molecule has 0 aliphatic rings. The molecule has 0 radical (unpaired) electrons. The van der Waals surface area contributed by atoms with Crippen LogP contribution in [-0.2, 0) is 4.52 Å². The second-order valence-corrected chi connectivity index (χ2v) is 3.89. The number of hydrogen-bond acceptors (Lipinski definition) is 3. The monoisotopic (exact) mass is 262 g/mol. The van der Waals surface area contributed by atoms with Crippen LogP contribution in [0.1, 0.15) is 0 Å². The lowest BCUT2D eigenvalue weighted by molar-refractivity contribution is -0.0149. The zero-order chi connectivity index (χ0) is 12.6. The summed E-state index contributed by atoms with van der Waals surface area (Å²) in [4.78, 5) is 0. The highest BCUT2D eigenvalue weighted by Gasteiger charge is 2.09. The lowest BCUT2D eigenvalue weighted by atomic mass is 10.3. The van der Waals surface area contributed by atoms with Gasteiger partial charge >= 0.3 is 0 Å². The quantitative estimate of drug-likeness (QED) is 0.590. The molecule has 2 aromatic carbocycles. The first-order valence-electron chi connectivity index (χ1n) is 5.63. The SMILES string of the molecule is POC(COc1ccccc1)Oc1ccccc1. The van der Waals surface area contributed by atoms with E-state index in [9.17, 15) is 0 Å². The van der Waals surface area contributed by atoms with E-state index in [4.69, 9.17) is 14.0 Å². The third-order valence-electron chi connectivity index (χ3n) is 2.29. The van der Waals surface area contributed by atoms with E-state index < -0.39 is 6.29 Å². The van der Waals surface area contributed by atoms with Gasteiger partial charge in [0.05, 0.1) is 0 Å². The summed E-state index contributed by atoms with van der Waals surface area (Å²) in [7, 11) is 2.20. The summed E-state index contributed by atoms with van der Waals surface area (Å²) in [6.07, 6.45) is -0.461. The zero-order valence-corrected chi connectivity index (χ0v) is 11.0. The van der Waals surface area contributed by atoms with E-state index >= 15 is 0 Å². The fourth-order valence-electron chi connectivity index (χ4n) is 1.43. The van der Waals surface area contributed by atoms with Gasteiger partial charge in [-0.25, -0.2) is 0 Å². The summed E-state index contributed by atoms with van der Waals surface area (Å²) in [5.74, 6) is 1.54. The van der Waals surface area contributed by atoms with Gasteiger partial charge in [-0.2, -0.15) is 0 Å². The maximum absolute atomic E-state index is 5.62. The lowest BCUT2D eigenvalue weighted by Gasteiger charge is -2.17. The highest BCUT2D eigenvalue weighted by atomic mass is 31.0. The molecule has 3 nitrogen and oxygen atoms in total. The van der Waals surface area contributed by atoms with Crippen LogP contribution in [0.15, 0.2) is 60.7 Å². The Morgan fingerprint density at radius 3 is 1.94 bits per heavy atom. The number of benzene rings is 2. The van der Waals surface area contributed by atoms with Gasteiger partial charge in [0, 0.05) is 9.47 Å². The van der Waals surface area contributed by atoms with Gasteiger partial charge in [0.15, 0.2) is 6.61 Å². The maximum atomic E-state index is 5.62. The highest BCUT2D eigenvalue weighted by Crippen LogP contribution is 2.15. The predicted octanol–water partition coefficient (Wildman–Crippen LogP) is 3.28. The van der Waals surface area contributed by atoms with E-state index in [-0.39, 0.29) is 0 Å². The average molecular weight is 262 g/mol. The van der Waals surface area contributed by atoms with Gasteiger partial charge in [0.2, 0.25) is 6.29 Å². The van der Waals surface area contributed by atoms with Gasteiger partial charge in [0.1, 0.15) is 11.5 Å². The summed E-state index contributed by atoms with van der Waals surface area (Å²) in [5.41, 5.74) is 0. The van der Waals surface area contributed by atoms with Gasteiger partial charge in [-0.3, -0.25) is 0 Å². The minimum absolute atomic E-state index is 0.322. The standard InChI is InChI=1S/C14H15O3P/c18-17-14(16-13-9-5-2-6-10-13)11-15-12-7-3-1-4-8-12/h1-10,14H,11,18H2. The average Bonchev–Trinajstić information content (AvgIpc) is 2.45. The van der Waals surface area contributed by atoms with Crippen LogP contribution in [0.2, 0.25) is 0 Å². The van der Waals surface area contributed by atoms with Crippen molar-refractivity contribution in [1.29, 1.82) is 0 Å². The number of para-hydroxylation sites is 2. The number of hydrogen-bond donors (Lipinski definition) is 0. The molecule has 4 heteroatoms. The highest BCUT2D eigenvalue weighted by molar-refractivity contribution is 7.09. The normalized spacial score (nSPS) is 11.8. The van der Waals surface area contributed by atoms with Crippen LogP contribution in [0.5, 0.6) is 11.5 Å². The van der Waals surface area contributed by atoms with Gasteiger partial charge in [0.25, 0.3) is 0 Å². The summed E-state index contributed by atoms with van der Waals surface area (Å²) in [6, 6.07) is 19.1. The number of ether oxygens (including phenoxy) is 2. The first-order valence-corrected chi connectivity index (χ1v) is 6.11. The first kappa shape index (κ1) is 12.9. The second-order valence-electron chi connectivity index (χ2n) is 3.62. The molecule has 2 rings (SSSR count). The molecule has 0 amide bonds. The van der Waals surface area contributed by atoms with Crippen LogP contribution < -0.4 is 9.47 Å². The third kappa shape index (κ3) is 4.02. The summed E-state index contributed by atoms with van der Waals surface area (Å²) < 4.78 is 16.3. The van der Waals surface area contributed by atoms with Crippen molar-refractivity contribution >= 4 is 9.47 Å². The molecule has 0 spiro atoms. The van der Waals surface area contributed by atoms with Crippen molar-refractivity contribution in [2.24, 2.45) is 0 Å². The molecular weight excluding hydrogens is 247 g/mol. The fourth-order valence-corrected chi connectivity index (χ4v) is 1.57. The smallest absolute Gasteiger partial charge is 0.236 e. The zero-order valence-electron chi connectivity index (χ0n) is 9.86. The Balaban J connectivity index is 1.86. The minimum atomic E-state index is -0.461. The third-order valence-corrected chi connectivity index (χ3v) is 2.60. The molecule has 0 aliphatic heterocycles. The molecule has 0 saturated heterocycles. The Hall–Kier alpha value is -1.57. The predicted molar refractivity (Wildman–Crippen MR) is 73.6 cm³/mol. The van der Waals surface area contributed by atoms with Crippen molar-refractivity contribution in [3.05, 3.63) is 60.7 Å². The van der Waals surface area contributed by atoms with Crippen LogP contribution in [0.4, 0.5) is 0 Å². The van der Waals surface area contributed by atoms with Gasteiger partial charge in [-0.1, -0.05) is 36.4 Å². The van der Waals surface area contributed by atoms with E-state index in [0.29, 0.717) is 6.61 Å². The molecule has 0 fully saturated rings. The molecule has 0 aliphatic carbocycles. The van der Waals surface area contributed by atoms with Gasteiger partial charge < -0.3 is 14.0 Å². The molecule has 18 heavy (non-hydrogen) atoms. The van der Waals surface area contributed by atoms with Crippen molar-refractivity contribution < 1.29 is 14.0 Å². The Morgan fingerprint density at radius 1 is 0.833 bits per heavy atom. The molecule has 0 heterocycles. The van der Waals surface area contributed by atoms with Crippen molar-refractivity contribution in [3.8, 4) is 11.5 Å². The van der Waals surface area contributed by atoms with Crippen LogP contribution in [0.3, 0.4) is 0 Å². The first-order chi connectivity index (χ1) is 8.88. The Labute approximate surface area is 109 Å². The summed E-state index contributed by atoms with van der Waals surface area (Å²) >= 11 is 0. The molecular formula is C14H15O3P. The molecule has 94 valence electrons. The fraction of sp³-hybridized carbons (Fsp3) is 0.143. The van der Waals surface area contributed by atoms with Crippen molar-refractivity contribution in [1.82, 2.24) is 0 Å². The molecule has 0 bridgehead atoms. The van der Waals surface area contributed by atoms with Crippen molar-refractivity contribution in [2.45, 2.75) is 6.29 Å². The minimum Gasteiger partial charge on any atom is -0.487 e. The number of rotatable bonds is 6. The lowest BCUT2D eigenvalue weighted by Crippen LogP contribution is -2.24. The summed E-state index contributed by atoms with van der Waals surface area (Å²) in [6.45, 7) is 0.322. The second kappa shape index (κ2) is 7.00. The van der Waals surface area contributed by atoms with Crippen molar-refractivity contribution in [2.75, 3.05) is 6.61 Å².